The number of benzene rings is 1. The lowest BCUT2D eigenvalue weighted by molar-refractivity contribution is 1.16. The van der Waals surface area contributed by atoms with Crippen LogP contribution in [0.1, 0.15) is 12.8 Å². The summed E-state index contributed by atoms with van der Waals surface area (Å²) in [4.78, 5) is 0. The van der Waals surface area contributed by atoms with Crippen molar-refractivity contribution in [3.8, 4) is 0 Å². The zero-order valence-corrected chi connectivity index (χ0v) is 7.76. The van der Waals surface area contributed by atoms with E-state index in [4.69, 9.17) is 0 Å². The van der Waals surface area contributed by atoms with Gasteiger partial charge in [-0.05, 0) is 31.0 Å². The Morgan fingerprint density at radius 2 is 2.18 bits per heavy atom. The fourth-order valence-corrected chi connectivity index (χ4v) is 1.44. The molecule has 1 aliphatic carbocycles. The summed E-state index contributed by atoms with van der Waals surface area (Å²) in [6.07, 6.45) is 2.65. The highest BCUT2D eigenvalue weighted by Crippen LogP contribution is 2.25. The van der Waals surface area contributed by atoms with E-state index in [9.17, 15) is 0 Å². The van der Waals surface area contributed by atoms with Gasteiger partial charge in [0.05, 0.1) is 0 Å². The average molecular weight is 212 g/mol. The third-order valence-electron chi connectivity index (χ3n) is 1.77. The molecule has 0 atom stereocenters. The SMILES string of the molecule is Brc1cccc(NC2CC2)c1. The number of nitrogens with one attached hydrogen (secondary N) is 1. The van der Waals surface area contributed by atoms with Gasteiger partial charge in [0.25, 0.3) is 0 Å². The van der Waals surface area contributed by atoms with Gasteiger partial charge in [-0.2, -0.15) is 0 Å². The first kappa shape index (κ1) is 7.17. The van der Waals surface area contributed by atoms with Crippen molar-refractivity contribution in [2.75, 3.05) is 5.32 Å². The van der Waals surface area contributed by atoms with E-state index in [-0.39, 0.29) is 0 Å². The van der Waals surface area contributed by atoms with E-state index in [0.717, 1.165) is 10.5 Å². The third kappa shape index (κ3) is 1.96. The molecule has 0 aromatic heterocycles. The molecule has 0 bridgehead atoms. The summed E-state index contributed by atoms with van der Waals surface area (Å²) in [6, 6.07) is 9.04. The molecule has 0 radical (unpaired) electrons. The molecule has 0 saturated heterocycles. The number of hydrogen-bond donors (Lipinski definition) is 1. The molecular formula is C9H10BrN. The Bertz CT molecular complexity index is 255. The fourth-order valence-electron chi connectivity index (χ4n) is 1.04. The lowest BCUT2D eigenvalue weighted by atomic mass is 10.3. The van der Waals surface area contributed by atoms with E-state index < -0.39 is 0 Å². The van der Waals surface area contributed by atoms with Gasteiger partial charge in [0.2, 0.25) is 0 Å². The fraction of sp³-hybridized carbons (Fsp3) is 0.333. The van der Waals surface area contributed by atoms with Crippen LogP contribution in [0.4, 0.5) is 5.69 Å². The van der Waals surface area contributed by atoms with Gasteiger partial charge in [-0.15, -0.1) is 0 Å². The Balaban J connectivity index is 2.10. The van der Waals surface area contributed by atoms with Crippen LogP contribution in [0.2, 0.25) is 0 Å². The molecule has 0 unspecified atom stereocenters. The van der Waals surface area contributed by atoms with Crippen LogP contribution in [-0.4, -0.2) is 6.04 Å². The smallest absolute Gasteiger partial charge is 0.0353 e. The number of rotatable bonds is 2. The van der Waals surface area contributed by atoms with Crippen LogP contribution >= 0.6 is 15.9 Å². The maximum absolute atomic E-state index is 3.43. The third-order valence-corrected chi connectivity index (χ3v) is 2.27. The topological polar surface area (TPSA) is 12.0 Å². The van der Waals surface area contributed by atoms with Crippen molar-refractivity contribution in [3.63, 3.8) is 0 Å². The van der Waals surface area contributed by atoms with E-state index in [1.807, 2.05) is 6.07 Å². The lowest BCUT2D eigenvalue weighted by Gasteiger charge is -2.03. The number of hydrogen-bond acceptors (Lipinski definition) is 1. The van der Waals surface area contributed by atoms with Gasteiger partial charge in [-0.1, -0.05) is 22.0 Å². The number of anilines is 1. The Morgan fingerprint density at radius 1 is 1.36 bits per heavy atom. The summed E-state index contributed by atoms with van der Waals surface area (Å²) in [6.45, 7) is 0. The minimum absolute atomic E-state index is 0.740. The standard InChI is InChI=1S/C9H10BrN/c10-7-2-1-3-9(6-7)11-8-4-5-8/h1-3,6,8,11H,4-5H2. The van der Waals surface area contributed by atoms with E-state index in [1.165, 1.54) is 18.5 Å². The van der Waals surface area contributed by atoms with Gasteiger partial charge in [0, 0.05) is 16.2 Å². The Labute approximate surface area is 74.9 Å². The predicted molar refractivity (Wildman–Crippen MR) is 50.8 cm³/mol. The van der Waals surface area contributed by atoms with Crippen molar-refractivity contribution in [2.24, 2.45) is 0 Å². The van der Waals surface area contributed by atoms with Gasteiger partial charge < -0.3 is 5.32 Å². The largest absolute Gasteiger partial charge is 0.382 e. The van der Waals surface area contributed by atoms with Gasteiger partial charge in [-0.25, -0.2) is 0 Å². The second-order valence-electron chi connectivity index (χ2n) is 2.93. The van der Waals surface area contributed by atoms with E-state index in [2.05, 4.69) is 39.4 Å². The lowest BCUT2D eigenvalue weighted by Crippen LogP contribution is -1.99. The first-order valence-corrected chi connectivity index (χ1v) is 4.66. The van der Waals surface area contributed by atoms with Crippen LogP contribution in [-0.2, 0) is 0 Å². The molecule has 1 aliphatic rings. The molecule has 0 spiro atoms. The Morgan fingerprint density at radius 3 is 2.82 bits per heavy atom. The van der Waals surface area contributed by atoms with Crippen molar-refractivity contribution in [2.45, 2.75) is 18.9 Å². The van der Waals surface area contributed by atoms with Crippen molar-refractivity contribution >= 4 is 21.6 Å². The highest BCUT2D eigenvalue weighted by atomic mass is 79.9. The molecule has 11 heavy (non-hydrogen) atoms. The summed E-state index contributed by atoms with van der Waals surface area (Å²) in [5.74, 6) is 0. The highest BCUT2D eigenvalue weighted by Gasteiger charge is 2.20. The zero-order chi connectivity index (χ0) is 7.68. The number of halogens is 1. The van der Waals surface area contributed by atoms with E-state index in [1.54, 1.807) is 0 Å². The summed E-state index contributed by atoms with van der Waals surface area (Å²) in [5.41, 5.74) is 1.22. The molecule has 2 rings (SSSR count). The summed E-state index contributed by atoms with van der Waals surface area (Å²) >= 11 is 3.43. The van der Waals surface area contributed by atoms with Crippen molar-refractivity contribution < 1.29 is 0 Å². The van der Waals surface area contributed by atoms with Gasteiger partial charge >= 0.3 is 0 Å². The minimum atomic E-state index is 0.740. The highest BCUT2D eigenvalue weighted by molar-refractivity contribution is 9.10. The quantitative estimate of drug-likeness (QED) is 0.794. The van der Waals surface area contributed by atoms with Gasteiger partial charge in [0.1, 0.15) is 0 Å². The monoisotopic (exact) mass is 211 g/mol. The van der Waals surface area contributed by atoms with Crippen LogP contribution in [0.5, 0.6) is 0 Å². The second-order valence-corrected chi connectivity index (χ2v) is 3.84. The molecule has 0 amide bonds. The maximum Gasteiger partial charge on any atom is 0.0353 e. The molecule has 1 aromatic carbocycles. The molecule has 1 saturated carbocycles. The molecule has 1 N–H and O–H groups in total. The molecular weight excluding hydrogens is 202 g/mol. The van der Waals surface area contributed by atoms with Crippen LogP contribution in [0.3, 0.4) is 0 Å². The first-order chi connectivity index (χ1) is 5.34. The van der Waals surface area contributed by atoms with Crippen LogP contribution in [0.25, 0.3) is 0 Å². The minimum Gasteiger partial charge on any atom is -0.382 e. The molecule has 1 fully saturated rings. The Hall–Kier alpha value is -0.500. The summed E-state index contributed by atoms with van der Waals surface area (Å²) in [7, 11) is 0. The van der Waals surface area contributed by atoms with Crippen molar-refractivity contribution in [1.82, 2.24) is 0 Å². The molecule has 2 heteroatoms. The first-order valence-electron chi connectivity index (χ1n) is 3.87. The van der Waals surface area contributed by atoms with Gasteiger partial charge in [-0.3, -0.25) is 0 Å². The molecule has 1 aromatic rings. The summed E-state index contributed by atoms with van der Waals surface area (Å²) < 4.78 is 1.14. The summed E-state index contributed by atoms with van der Waals surface area (Å²) in [5, 5.41) is 3.43. The molecule has 0 heterocycles. The van der Waals surface area contributed by atoms with E-state index >= 15 is 0 Å². The van der Waals surface area contributed by atoms with Crippen LogP contribution in [0.15, 0.2) is 28.7 Å². The maximum atomic E-state index is 3.43. The molecule has 58 valence electrons. The molecule has 0 aliphatic heterocycles. The Kier molecular flexibility index (Phi) is 1.86. The van der Waals surface area contributed by atoms with Gasteiger partial charge in [0.15, 0.2) is 0 Å². The predicted octanol–water partition coefficient (Wildman–Crippen LogP) is 3.02. The zero-order valence-electron chi connectivity index (χ0n) is 6.18. The van der Waals surface area contributed by atoms with Crippen LogP contribution < -0.4 is 5.32 Å². The average Bonchev–Trinajstić information content (AvgIpc) is 2.71. The van der Waals surface area contributed by atoms with Crippen molar-refractivity contribution in [3.05, 3.63) is 28.7 Å². The van der Waals surface area contributed by atoms with Crippen molar-refractivity contribution in [1.29, 1.82) is 0 Å². The second kappa shape index (κ2) is 2.86. The normalized spacial score (nSPS) is 16.5. The van der Waals surface area contributed by atoms with Crippen LogP contribution in [0, 0.1) is 0 Å². The molecule has 1 nitrogen and oxygen atoms in total. The van der Waals surface area contributed by atoms with E-state index in [0.29, 0.717) is 0 Å².